The van der Waals surface area contributed by atoms with E-state index in [0.29, 0.717) is 17.7 Å². The van der Waals surface area contributed by atoms with Crippen molar-refractivity contribution >= 4 is 23.0 Å². The van der Waals surface area contributed by atoms with Crippen LogP contribution in [0.1, 0.15) is 65.8 Å². The van der Waals surface area contributed by atoms with Crippen LogP contribution in [0.3, 0.4) is 0 Å². The van der Waals surface area contributed by atoms with E-state index < -0.39 is 24.1 Å². The second-order valence-electron chi connectivity index (χ2n) is 10.7. The minimum Gasteiger partial charge on any atom is -0.462 e. The molecule has 1 aromatic heterocycles. The van der Waals surface area contributed by atoms with Crippen molar-refractivity contribution in [2.75, 3.05) is 6.61 Å². The van der Waals surface area contributed by atoms with E-state index in [-0.39, 0.29) is 47.5 Å². The maximum absolute atomic E-state index is 13.9. The molecule has 10 heteroatoms. The summed E-state index contributed by atoms with van der Waals surface area (Å²) in [4.78, 5) is 40.5. The lowest BCUT2D eigenvalue weighted by Gasteiger charge is -2.21. The Morgan fingerprint density at radius 2 is 1.79 bits per heavy atom. The largest absolute Gasteiger partial charge is 0.462 e. The standard InChI is InChI=1S/C33H30F2N2O6/c1-3-41-31(39)27-17-37(23-11-12-23)28-25(29(27)38)14-13-24(30(28)43-32(34)35)21-9-10-22-16-36(19(2)26(22)15-21)33(40)42-18-20-7-5-4-6-8-20/h4-10,13-15,17,19,23,32H,3,11-12,16,18H2,1-2H3. The molecule has 1 amide bonds. The molecule has 1 atom stereocenters. The maximum Gasteiger partial charge on any atom is 0.410 e. The van der Waals surface area contributed by atoms with Crippen molar-refractivity contribution in [3.05, 3.63) is 99.3 Å². The zero-order valence-electron chi connectivity index (χ0n) is 23.7. The van der Waals surface area contributed by atoms with Crippen molar-refractivity contribution in [3.8, 4) is 16.9 Å². The van der Waals surface area contributed by atoms with Crippen LogP contribution in [0.5, 0.6) is 5.75 Å². The Labute approximate surface area is 246 Å². The lowest BCUT2D eigenvalue weighted by Crippen LogP contribution is -2.28. The lowest BCUT2D eigenvalue weighted by molar-refractivity contribution is -0.0486. The number of alkyl halides is 2. The van der Waals surface area contributed by atoms with Crippen molar-refractivity contribution in [3.63, 3.8) is 0 Å². The van der Waals surface area contributed by atoms with E-state index in [1.807, 2.05) is 49.4 Å². The van der Waals surface area contributed by atoms with E-state index in [9.17, 15) is 23.2 Å². The number of fused-ring (bicyclic) bond motifs is 2. The quantitative estimate of drug-likeness (QED) is 0.206. The van der Waals surface area contributed by atoms with Crippen molar-refractivity contribution in [1.82, 2.24) is 9.47 Å². The number of halogens is 2. The average molecular weight is 589 g/mol. The first-order valence-corrected chi connectivity index (χ1v) is 14.2. The predicted octanol–water partition coefficient (Wildman–Crippen LogP) is 6.99. The zero-order valence-corrected chi connectivity index (χ0v) is 23.7. The highest BCUT2D eigenvalue weighted by atomic mass is 19.3. The summed E-state index contributed by atoms with van der Waals surface area (Å²) in [6, 6.07) is 17.6. The van der Waals surface area contributed by atoms with E-state index in [1.54, 1.807) is 28.5 Å². The van der Waals surface area contributed by atoms with Crippen LogP contribution in [0.25, 0.3) is 22.0 Å². The molecular weight excluding hydrogens is 558 g/mol. The van der Waals surface area contributed by atoms with Crippen LogP contribution < -0.4 is 10.2 Å². The van der Waals surface area contributed by atoms with Crippen LogP contribution in [0.4, 0.5) is 13.6 Å². The van der Waals surface area contributed by atoms with Gasteiger partial charge < -0.3 is 18.8 Å². The average Bonchev–Trinajstić information content (AvgIpc) is 3.79. The molecule has 6 rings (SSSR count). The van der Waals surface area contributed by atoms with Crippen molar-refractivity contribution in [2.45, 2.75) is 58.5 Å². The van der Waals surface area contributed by atoms with Crippen molar-refractivity contribution in [1.29, 1.82) is 0 Å². The van der Waals surface area contributed by atoms with Crippen molar-refractivity contribution < 1.29 is 32.6 Å². The third kappa shape index (κ3) is 5.45. The van der Waals surface area contributed by atoms with Crippen LogP contribution >= 0.6 is 0 Å². The van der Waals surface area contributed by atoms with Crippen molar-refractivity contribution in [2.24, 2.45) is 0 Å². The number of hydrogen-bond donors (Lipinski definition) is 0. The van der Waals surface area contributed by atoms with Crippen LogP contribution in [-0.2, 0) is 22.6 Å². The van der Waals surface area contributed by atoms with Crippen LogP contribution in [0.15, 0.2) is 71.7 Å². The summed E-state index contributed by atoms with van der Waals surface area (Å²) in [6.07, 6.45) is 2.48. The SMILES string of the molecule is CCOC(=O)c1cn(C2CC2)c2c(OC(F)F)c(-c3ccc4c(c3)C(C)N(C(=O)OCc3ccccc3)C4)ccc2c1=O. The molecule has 1 saturated carbocycles. The fraction of sp³-hybridized carbons (Fsp3) is 0.303. The monoisotopic (exact) mass is 588 g/mol. The zero-order chi connectivity index (χ0) is 30.2. The number of nitrogens with zero attached hydrogens (tertiary/aromatic N) is 2. The number of amides is 1. The number of pyridine rings is 1. The van der Waals surface area contributed by atoms with Gasteiger partial charge in [0.2, 0.25) is 5.43 Å². The summed E-state index contributed by atoms with van der Waals surface area (Å²) in [7, 11) is 0. The summed E-state index contributed by atoms with van der Waals surface area (Å²) in [6.45, 7) is 0.968. The summed E-state index contributed by atoms with van der Waals surface area (Å²) in [5.41, 5.74) is 3.05. The Morgan fingerprint density at radius 3 is 2.49 bits per heavy atom. The molecular formula is C33H30F2N2O6. The van der Waals surface area contributed by atoms with Gasteiger partial charge in [0, 0.05) is 24.3 Å². The maximum atomic E-state index is 13.9. The van der Waals surface area contributed by atoms with Crippen LogP contribution in [0.2, 0.25) is 0 Å². The van der Waals surface area contributed by atoms with E-state index in [4.69, 9.17) is 14.2 Å². The molecule has 0 N–H and O–H groups in total. The first-order chi connectivity index (χ1) is 20.8. The molecule has 43 heavy (non-hydrogen) atoms. The molecule has 1 aliphatic heterocycles. The van der Waals surface area contributed by atoms with Crippen LogP contribution in [-0.4, -0.2) is 34.7 Å². The summed E-state index contributed by atoms with van der Waals surface area (Å²) in [5, 5.41) is 0.0960. The van der Waals surface area contributed by atoms with Gasteiger partial charge in [0.1, 0.15) is 12.2 Å². The van der Waals surface area contributed by atoms with E-state index in [2.05, 4.69) is 0 Å². The number of aromatic nitrogens is 1. The first-order valence-electron chi connectivity index (χ1n) is 14.2. The van der Waals surface area contributed by atoms with E-state index in [0.717, 1.165) is 29.5 Å². The lowest BCUT2D eigenvalue weighted by atomic mass is 9.96. The van der Waals surface area contributed by atoms with Gasteiger partial charge in [-0.3, -0.25) is 9.69 Å². The molecule has 0 bridgehead atoms. The molecule has 1 unspecified atom stereocenters. The van der Waals surface area contributed by atoms with E-state index >= 15 is 0 Å². The Balaban J connectivity index is 1.39. The van der Waals surface area contributed by atoms with Gasteiger partial charge in [-0.05, 0) is 67.1 Å². The smallest absolute Gasteiger partial charge is 0.410 e. The molecule has 0 saturated heterocycles. The molecule has 2 aliphatic rings. The van der Waals surface area contributed by atoms with Gasteiger partial charge >= 0.3 is 18.7 Å². The minimum atomic E-state index is -3.15. The fourth-order valence-electron chi connectivity index (χ4n) is 5.66. The molecule has 222 valence electrons. The molecule has 4 aromatic rings. The van der Waals surface area contributed by atoms with Gasteiger partial charge in [-0.25, -0.2) is 9.59 Å². The topological polar surface area (TPSA) is 87.1 Å². The summed E-state index contributed by atoms with van der Waals surface area (Å²) >= 11 is 0. The third-order valence-corrected chi connectivity index (χ3v) is 7.94. The molecule has 1 fully saturated rings. The number of hydrogen-bond acceptors (Lipinski definition) is 6. The molecule has 2 heterocycles. The highest BCUT2D eigenvalue weighted by Gasteiger charge is 2.33. The predicted molar refractivity (Wildman–Crippen MR) is 155 cm³/mol. The van der Waals surface area contributed by atoms with Gasteiger partial charge in [0.25, 0.3) is 0 Å². The van der Waals surface area contributed by atoms with Gasteiger partial charge in [-0.1, -0.05) is 42.5 Å². The van der Waals surface area contributed by atoms with Gasteiger partial charge in [0.15, 0.2) is 5.75 Å². The molecule has 1 aliphatic carbocycles. The Morgan fingerprint density at radius 1 is 1.02 bits per heavy atom. The molecule has 3 aromatic carbocycles. The first kappa shape index (κ1) is 28.4. The Hall–Kier alpha value is -4.73. The third-order valence-electron chi connectivity index (χ3n) is 7.94. The number of esters is 1. The fourth-order valence-corrected chi connectivity index (χ4v) is 5.66. The second-order valence-corrected chi connectivity index (χ2v) is 10.7. The molecule has 0 radical (unpaired) electrons. The van der Waals surface area contributed by atoms with Crippen LogP contribution in [0, 0.1) is 0 Å². The minimum absolute atomic E-state index is 0.0675. The second kappa shape index (κ2) is 11.5. The summed E-state index contributed by atoms with van der Waals surface area (Å²) in [5.74, 6) is -0.903. The molecule has 8 nitrogen and oxygen atoms in total. The van der Waals surface area contributed by atoms with Gasteiger partial charge in [-0.2, -0.15) is 8.78 Å². The Bertz CT molecular complexity index is 1770. The highest BCUT2D eigenvalue weighted by Crippen LogP contribution is 2.44. The number of carbonyl (C=O) groups is 2. The molecule has 0 spiro atoms. The van der Waals surface area contributed by atoms with E-state index in [1.165, 1.54) is 12.3 Å². The summed E-state index contributed by atoms with van der Waals surface area (Å²) < 4.78 is 45.2. The number of rotatable bonds is 8. The Kier molecular flexibility index (Phi) is 7.60. The number of benzene rings is 3. The van der Waals surface area contributed by atoms with Gasteiger partial charge in [0.05, 0.1) is 23.6 Å². The number of carbonyl (C=O) groups excluding carboxylic acids is 2. The number of ether oxygens (including phenoxy) is 3. The highest BCUT2D eigenvalue weighted by molar-refractivity contribution is 5.98. The normalized spacial score (nSPS) is 15.9. The van der Waals surface area contributed by atoms with Gasteiger partial charge in [-0.15, -0.1) is 0 Å².